The van der Waals surface area contributed by atoms with Gasteiger partial charge in [-0.1, -0.05) is 0 Å². The second kappa shape index (κ2) is 5.72. The third-order valence-corrected chi connectivity index (χ3v) is 2.77. The Hall–Kier alpha value is -1.49. The van der Waals surface area contributed by atoms with Crippen LogP contribution in [-0.2, 0) is 4.79 Å². The molecule has 0 aromatic carbocycles. The van der Waals surface area contributed by atoms with Gasteiger partial charge in [0, 0.05) is 43.6 Å². The van der Waals surface area contributed by atoms with Gasteiger partial charge in [-0.25, -0.2) is 0 Å². The summed E-state index contributed by atoms with van der Waals surface area (Å²) in [6, 6.07) is 0.567. The number of rotatable bonds is 6. The smallest absolute Gasteiger partial charge is 0.221 e. The molecular weight excluding hydrogens is 216 g/mol. The Kier molecular flexibility index (Phi) is 4.03. The Labute approximate surface area is 101 Å². The predicted octanol–water partition coefficient (Wildman–Crippen LogP) is 0.796. The van der Waals surface area contributed by atoms with Crippen LogP contribution in [0.15, 0.2) is 18.6 Å². The lowest BCUT2D eigenvalue weighted by atomic mass is 10.2. The maximum absolute atomic E-state index is 11.4. The molecule has 92 valence electrons. The minimum Gasteiger partial charge on any atom is -0.353 e. The summed E-state index contributed by atoms with van der Waals surface area (Å²) < 4.78 is 0. The molecule has 1 unspecified atom stereocenters. The highest BCUT2D eigenvalue weighted by Gasteiger charge is 2.22. The second-order valence-corrected chi connectivity index (χ2v) is 4.40. The number of carbonyl (C=O) groups excluding carboxylic acids is 1. The number of nitrogens with zero attached hydrogens (tertiary/aromatic N) is 2. The van der Waals surface area contributed by atoms with Gasteiger partial charge in [0.2, 0.25) is 5.91 Å². The average molecular weight is 234 g/mol. The van der Waals surface area contributed by atoms with Crippen molar-refractivity contribution < 1.29 is 4.79 Å². The molecule has 1 amide bonds. The first-order valence-corrected chi connectivity index (χ1v) is 6.04. The quantitative estimate of drug-likeness (QED) is 0.764. The van der Waals surface area contributed by atoms with Crippen LogP contribution in [-0.4, -0.2) is 28.5 Å². The molecule has 2 rings (SSSR count). The molecule has 5 nitrogen and oxygen atoms in total. The Morgan fingerprint density at radius 1 is 1.53 bits per heavy atom. The fraction of sp³-hybridized carbons (Fsp3) is 0.583. The molecule has 1 aliphatic rings. The van der Waals surface area contributed by atoms with E-state index < -0.39 is 0 Å². The molecule has 1 fully saturated rings. The van der Waals surface area contributed by atoms with Gasteiger partial charge in [0.1, 0.15) is 0 Å². The summed E-state index contributed by atoms with van der Waals surface area (Å²) in [5.41, 5.74) is 0.898. The minimum absolute atomic E-state index is 0.123. The molecule has 17 heavy (non-hydrogen) atoms. The van der Waals surface area contributed by atoms with Crippen LogP contribution in [0.2, 0.25) is 0 Å². The summed E-state index contributed by atoms with van der Waals surface area (Å²) in [6.07, 6.45) is 7.85. The highest BCUT2D eigenvalue weighted by Crippen LogP contribution is 2.18. The first-order valence-electron chi connectivity index (χ1n) is 6.04. The summed E-state index contributed by atoms with van der Waals surface area (Å²) in [6.45, 7) is 2.68. The van der Waals surface area contributed by atoms with Gasteiger partial charge in [0.15, 0.2) is 0 Å². The average Bonchev–Trinajstić information content (AvgIpc) is 3.14. The van der Waals surface area contributed by atoms with Crippen LogP contribution in [0, 0.1) is 0 Å². The van der Waals surface area contributed by atoms with E-state index in [1.54, 1.807) is 18.6 Å². The molecule has 0 bridgehead atoms. The van der Waals surface area contributed by atoms with Gasteiger partial charge in [0.25, 0.3) is 0 Å². The van der Waals surface area contributed by atoms with Crippen molar-refractivity contribution in [3.05, 3.63) is 24.3 Å². The van der Waals surface area contributed by atoms with Crippen LogP contribution >= 0.6 is 0 Å². The predicted molar refractivity (Wildman–Crippen MR) is 64.2 cm³/mol. The Morgan fingerprint density at radius 3 is 3.00 bits per heavy atom. The van der Waals surface area contributed by atoms with E-state index in [4.69, 9.17) is 0 Å². The van der Waals surface area contributed by atoms with E-state index in [0.29, 0.717) is 19.0 Å². The van der Waals surface area contributed by atoms with Crippen LogP contribution in [0.4, 0.5) is 0 Å². The molecule has 1 aromatic rings. The molecule has 5 heteroatoms. The van der Waals surface area contributed by atoms with Crippen molar-refractivity contribution in [2.45, 2.75) is 38.3 Å². The van der Waals surface area contributed by atoms with Crippen molar-refractivity contribution in [3.63, 3.8) is 0 Å². The van der Waals surface area contributed by atoms with Gasteiger partial charge < -0.3 is 10.6 Å². The summed E-state index contributed by atoms with van der Waals surface area (Å²) in [7, 11) is 0. The van der Waals surface area contributed by atoms with E-state index in [2.05, 4.69) is 20.6 Å². The zero-order valence-electron chi connectivity index (χ0n) is 10.0. The molecule has 0 saturated heterocycles. The third-order valence-electron chi connectivity index (χ3n) is 2.77. The summed E-state index contributed by atoms with van der Waals surface area (Å²) >= 11 is 0. The fourth-order valence-electron chi connectivity index (χ4n) is 1.57. The molecule has 1 saturated carbocycles. The van der Waals surface area contributed by atoms with Crippen molar-refractivity contribution in [2.75, 3.05) is 6.54 Å². The van der Waals surface area contributed by atoms with E-state index >= 15 is 0 Å². The maximum atomic E-state index is 11.4. The highest BCUT2D eigenvalue weighted by atomic mass is 16.1. The van der Waals surface area contributed by atoms with Gasteiger partial charge in [-0.05, 0) is 19.8 Å². The van der Waals surface area contributed by atoms with Crippen LogP contribution in [0.1, 0.15) is 37.9 Å². The van der Waals surface area contributed by atoms with Crippen LogP contribution in [0.3, 0.4) is 0 Å². The lowest BCUT2D eigenvalue weighted by molar-refractivity contribution is -0.121. The molecule has 1 atom stereocenters. The third kappa shape index (κ3) is 4.11. The van der Waals surface area contributed by atoms with Crippen LogP contribution in [0.25, 0.3) is 0 Å². The number of amides is 1. The number of nitrogens with one attached hydrogen (secondary N) is 2. The van der Waals surface area contributed by atoms with Crippen molar-refractivity contribution in [1.29, 1.82) is 0 Å². The van der Waals surface area contributed by atoms with Crippen molar-refractivity contribution in [1.82, 2.24) is 20.6 Å². The van der Waals surface area contributed by atoms with Gasteiger partial charge in [0.05, 0.1) is 5.69 Å². The Morgan fingerprint density at radius 2 is 2.35 bits per heavy atom. The largest absolute Gasteiger partial charge is 0.353 e. The Bertz CT molecular complexity index is 364. The van der Waals surface area contributed by atoms with Gasteiger partial charge >= 0.3 is 0 Å². The van der Waals surface area contributed by atoms with E-state index in [9.17, 15) is 4.79 Å². The Balaban J connectivity index is 1.65. The topological polar surface area (TPSA) is 66.9 Å². The number of carbonyl (C=O) groups is 1. The van der Waals surface area contributed by atoms with Crippen LogP contribution < -0.4 is 10.6 Å². The zero-order chi connectivity index (χ0) is 12.1. The standard InChI is InChI=1S/C12H18N4O/c1-9(11-8-13-6-7-15-11)14-5-4-12(17)16-10-2-3-10/h6-10,14H,2-5H2,1H3,(H,16,17). The van der Waals surface area contributed by atoms with E-state index in [1.165, 1.54) is 0 Å². The first kappa shape index (κ1) is 12.0. The lowest BCUT2D eigenvalue weighted by Crippen LogP contribution is -2.30. The molecule has 1 aromatic heterocycles. The second-order valence-electron chi connectivity index (χ2n) is 4.40. The normalized spacial score (nSPS) is 16.5. The minimum atomic E-state index is 0.123. The van der Waals surface area contributed by atoms with Gasteiger partial charge in [-0.3, -0.25) is 14.8 Å². The number of aromatic nitrogens is 2. The van der Waals surface area contributed by atoms with E-state index in [0.717, 1.165) is 18.5 Å². The molecule has 2 N–H and O–H groups in total. The number of hydrogen-bond acceptors (Lipinski definition) is 4. The van der Waals surface area contributed by atoms with E-state index in [1.807, 2.05) is 6.92 Å². The highest BCUT2D eigenvalue weighted by molar-refractivity contribution is 5.76. The lowest BCUT2D eigenvalue weighted by Gasteiger charge is -2.12. The van der Waals surface area contributed by atoms with Crippen molar-refractivity contribution in [3.8, 4) is 0 Å². The molecule has 0 aliphatic heterocycles. The maximum Gasteiger partial charge on any atom is 0.221 e. The van der Waals surface area contributed by atoms with E-state index in [-0.39, 0.29) is 11.9 Å². The fourth-order valence-corrected chi connectivity index (χ4v) is 1.57. The van der Waals surface area contributed by atoms with Crippen molar-refractivity contribution >= 4 is 5.91 Å². The van der Waals surface area contributed by atoms with Crippen LogP contribution in [0.5, 0.6) is 0 Å². The first-order chi connectivity index (χ1) is 8.25. The van der Waals surface area contributed by atoms with Crippen molar-refractivity contribution in [2.24, 2.45) is 0 Å². The molecular formula is C12H18N4O. The zero-order valence-corrected chi connectivity index (χ0v) is 10.0. The molecule has 1 heterocycles. The monoisotopic (exact) mass is 234 g/mol. The SMILES string of the molecule is CC(NCCC(=O)NC1CC1)c1cnccn1. The molecule has 1 aliphatic carbocycles. The summed E-state index contributed by atoms with van der Waals surface area (Å²) in [4.78, 5) is 19.7. The summed E-state index contributed by atoms with van der Waals surface area (Å²) in [5, 5.41) is 6.22. The molecule has 0 spiro atoms. The van der Waals surface area contributed by atoms with Gasteiger partial charge in [-0.2, -0.15) is 0 Å². The number of hydrogen-bond donors (Lipinski definition) is 2. The molecule has 0 radical (unpaired) electrons. The summed E-state index contributed by atoms with van der Waals surface area (Å²) in [5.74, 6) is 0.131. The van der Waals surface area contributed by atoms with Gasteiger partial charge in [-0.15, -0.1) is 0 Å².